The van der Waals surface area contributed by atoms with E-state index in [1.807, 2.05) is 6.92 Å². The number of halogens is 2. The van der Waals surface area contributed by atoms with Crippen LogP contribution in [0.1, 0.15) is 13.3 Å². The Morgan fingerprint density at radius 3 is 2.94 bits per heavy atom. The molecule has 0 fully saturated rings. The molecule has 1 atom stereocenters. The van der Waals surface area contributed by atoms with Crippen LogP contribution in [-0.2, 0) is 0 Å². The van der Waals surface area contributed by atoms with E-state index in [1.54, 1.807) is 0 Å². The Balaban J connectivity index is 2.34. The Morgan fingerprint density at radius 1 is 1.53 bits per heavy atom. The van der Waals surface area contributed by atoms with E-state index in [0.29, 0.717) is 12.3 Å². The molecule has 0 saturated carbocycles. The summed E-state index contributed by atoms with van der Waals surface area (Å²) in [6, 6.07) is 3.89. The van der Waals surface area contributed by atoms with Gasteiger partial charge in [0.25, 0.3) is 0 Å². The van der Waals surface area contributed by atoms with Gasteiger partial charge in [0.05, 0.1) is 5.02 Å². The maximum Gasteiger partial charge on any atom is 0.138 e. The number of rotatable bonds is 7. The summed E-state index contributed by atoms with van der Waals surface area (Å²) in [5.74, 6) is -0.0323. The van der Waals surface area contributed by atoms with E-state index in [1.165, 1.54) is 18.2 Å². The molecule has 1 unspecified atom stereocenters. The first kappa shape index (κ1) is 14.2. The van der Waals surface area contributed by atoms with Gasteiger partial charge in [0, 0.05) is 6.54 Å². The van der Waals surface area contributed by atoms with E-state index >= 15 is 0 Å². The minimum Gasteiger partial charge on any atom is -0.489 e. The van der Waals surface area contributed by atoms with Gasteiger partial charge in [-0.05, 0) is 31.2 Å². The van der Waals surface area contributed by atoms with Crippen molar-refractivity contribution in [1.29, 1.82) is 0 Å². The highest BCUT2D eigenvalue weighted by Crippen LogP contribution is 2.24. The molecule has 1 rings (SSSR count). The Kier molecular flexibility index (Phi) is 6.26. The maximum atomic E-state index is 12.8. The molecule has 2 N–H and O–H groups in total. The second-order valence-electron chi connectivity index (χ2n) is 3.74. The van der Waals surface area contributed by atoms with Crippen molar-refractivity contribution >= 4 is 11.6 Å². The topological polar surface area (TPSA) is 41.5 Å². The van der Waals surface area contributed by atoms with Crippen LogP contribution < -0.4 is 10.1 Å². The highest BCUT2D eigenvalue weighted by molar-refractivity contribution is 6.32. The van der Waals surface area contributed by atoms with Gasteiger partial charge in [0.1, 0.15) is 24.3 Å². The summed E-state index contributed by atoms with van der Waals surface area (Å²) in [5.41, 5.74) is 0. The highest BCUT2D eigenvalue weighted by Gasteiger charge is 2.07. The lowest BCUT2D eigenvalue weighted by Gasteiger charge is -2.13. The molecule has 0 bridgehead atoms. The van der Waals surface area contributed by atoms with Crippen LogP contribution in [0, 0.1) is 5.82 Å². The van der Waals surface area contributed by atoms with Gasteiger partial charge in [-0.15, -0.1) is 0 Å². The third kappa shape index (κ3) is 5.35. The van der Waals surface area contributed by atoms with Gasteiger partial charge in [-0.25, -0.2) is 4.39 Å². The summed E-state index contributed by atoms with van der Waals surface area (Å²) in [7, 11) is 0. The van der Waals surface area contributed by atoms with Gasteiger partial charge in [0.2, 0.25) is 0 Å². The largest absolute Gasteiger partial charge is 0.489 e. The first-order valence-corrected chi connectivity index (χ1v) is 5.98. The molecule has 3 nitrogen and oxygen atoms in total. The Bertz CT molecular complexity index is 349. The molecular formula is C12H17ClFNO2. The van der Waals surface area contributed by atoms with Crippen LogP contribution in [0.4, 0.5) is 4.39 Å². The number of hydrogen-bond acceptors (Lipinski definition) is 3. The third-order valence-corrected chi connectivity index (χ3v) is 2.43. The summed E-state index contributed by atoms with van der Waals surface area (Å²) in [5, 5.41) is 12.9. The zero-order valence-electron chi connectivity index (χ0n) is 9.75. The van der Waals surface area contributed by atoms with Gasteiger partial charge < -0.3 is 15.2 Å². The van der Waals surface area contributed by atoms with Crippen molar-refractivity contribution in [3.05, 3.63) is 29.0 Å². The number of aliphatic hydroxyl groups excluding tert-OH is 1. The van der Waals surface area contributed by atoms with Crippen LogP contribution in [0.15, 0.2) is 18.2 Å². The maximum absolute atomic E-state index is 12.8. The molecule has 0 radical (unpaired) electrons. The number of hydrogen-bond donors (Lipinski definition) is 2. The molecule has 1 aromatic rings. The molecule has 0 heterocycles. The van der Waals surface area contributed by atoms with Gasteiger partial charge >= 0.3 is 0 Å². The predicted octanol–water partition coefficient (Wildman–Crippen LogP) is 2.22. The van der Waals surface area contributed by atoms with Crippen LogP contribution in [0.25, 0.3) is 0 Å². The number of benzene rings is 1. The first-order valence-electron chi connectivity index (χ1n) is 5.60. The molecule has 96 valence electrons. The third-order valence-electron chi connectivity index (χ3n) is 2.13. The van der Waals surface area contributed by atoms with Crippen molar-refractivity contribution in [3.8, 4) is 5.75 Å². The Hall–Kier alpha value is -0.840. The Labute approximate surface area is 106 Å². The van der Waals surface area contributed by atoms with Crippen LogP contribution in [0.2, 0.25) is 5.02 Å². The fourth-order valence-corrected chi connectivity index (χ4v) is 1.50. The molecule has 0 aromatic heterocycles. The van der Waals surface area contributed by atoms with Gasteiger partial charge in [-0.1, -0.05) is 18.5 Å². The summed E-state index contributed by atoms with van der Waals surface area (Å²) in [6.07, 6.45) is 0.403. The molecule has 17 heavy (non-hydrogen) atoms. The van der Waals surface area contributed by atoms with Crippen molar-refractivity contribution < 1.29 is 14.2 Å². The average molecular weight is 262 g/mol. The van der Waals surface area contributed by atoms with Crippen molar-refractivity contribution in [3.63, 3.8) is 0 Å². The van der Waals surface area contributed by atoms with Gasteiger partial charge in [0.15, 0.2) is 0 Å². The average Bonchev–Trinajstić information content (AvgIpc) is 2.28. The second-order valence-corrected chi connectivity index (χ2v) is 4.15. The van der Waals surface area contributed by atoms with Gasteiger partial charge in [-0.3, -0.25) is 0 Å². The van der Waals surface area contributed by atoms with E-state index in [4.69, 9.17) is 16.3 Å². The second kappa shape index (κ2) is 7.48. The van der Waals surface area contributed by atoms with Crippen molar-refractivity contribution in [2.45, 2.75) is 19.4 Å². The molecule has 0 spiro atoms. The number of aliphatic hydroxyl groups is 1. The smallest absolute Gasteiger partial charge is 0.138 e. The minimum atomic E-state index is -0.609. The molecule has 1 aromatic carbocycles. The molecular weight excluding hydrogens is 245 g/mol. The van der Waals surface area contributed by atoms with E-state index < -0.39 is 11.9 Å². The molecule has 0 saturated heterocycles. The van der Waals surface area contributed by atoms with E-state index in [-0.39, 0.29) is 11.6 Å². The summed E-state index contributed by atoms with van der Waals surface area (Å²) in [4.78, 5) is 0. The number of ether oxygens (including phenoxy) is 1. The fraction of sp³-hybridized carbons (Fsp3) is 0.500. The standard InChI is InChI=1S/C12H17ClFNO2/c1-2-5-15-7-10(16)8-17-12-4-3-9(14)6-11(12)13/h3-4,6,10,15-16H,2,5,7-8H2,1H3. The SMILES string of the molecule is CCCNCC(O)COc1ccc(F)cc1Cl. The number of nitrogens with one attached hydrogen (secondary N) is 1. The first-order chi connectivity index (χ1) is 8.13. The van der Waals surface area contributed by atoms with Crippen LogP contribution in [-0.4, -0.2) is 30.9 Å². The quantitative estimate of drug-likeness (QED) is 0.740. The summed E-state index contributed by atoms with van der Waals surface area (Å²) < 4.78 is 18.0. The lowest BCUT2D eigenvalue weighted by atomic mass is 10.3. The van der Waals surface area contributed by atoms with Crippen LogP contribution in [0.5, 0.6) is 5.75 Å². The van der Waals surface area contributed by atoms with Crippen molar-refractivity contribution in [2.24, 2.45) is 0 Å². The van der Waals surface area contributed by atoms with Crippen LogP contribution >= 0.6 is 11.6 Å². The molecule has 0 aliphatic carbocycles. The van der Waals surface area contributed by atoms with Crippen LogP contribution in [0.3, 0.4) is 0 Å². The minimum absolute atomic E-state index is 0.127. The van der Waals surface area contributed by atoms with E-state index in [2.05, 4.69) is 5.32 Å². The van der Waals surface area contributed by atoms with Crippen molar-refractivity contribution in [1.82, 2.24) is 5.32 Å². The molecule has 0 amide bonds. The monoisotopic (exact) mass is 261 g/mol. The highest BCUT2D eigenvalue weighted by atomic mass is 35.5. The lowest BCUT2D eigenvalue weighted by Crippen LogP contribution is -2.31. The molecule has 0 aliphatic heterocycles. The lowest BCUT2D eigenvalue weighted by molar-refractivity contribution is 0.106. The molecule has 0 aliphatic rings. The summed E-state index contributed by atoms with van der Waals surface area (Å²) in [6.45, 7) is 3.50. The Morgan fingerprint density at radius 2 is 2.29 bits per heavy atom. The zero-order chi connectivity index (χ0) is 12.7. The van der Waals surface area contributed by atoms with E-state index in [9.17, 15) is 9.50 Å². The normalized spacial score (nSPS) is 12.5. The predicted molar refractivity (Wildman–Crippen MR) is 66.1 cm³/mol. The van der Waals surface area contributed by atoms with E-state index in [0.717, 1.165) is 13.0 Å². The fourth-order valence-electron chi connectivity index (χ4n) is 1.28. The van der Waals surface area contributed by atoms with Gasteiger partial charge in [-0.2, -0.15) is 0 Å². The zero-order valence-corrected chi connectivity index (χ0v) is 10.5. The summed E-state index contributed by atoms with van der Waals surface area (Å²) >= 11 is 5.78. The van der Waals surface area contributed by atoms with Crippen molar-refractivity contribution in [2.75, 3.05) is 19.7 Å². The molecule has 5 heteroatoms.